The van der Waals surface area contributed by atoms with Crippen LogP contribution < -0.4 is 0 Å². The number of nitrogens with zero attached hydrogens (tertiary/aromatic N) is 1. The molecule has 4 heteroatoms. The van der Waals surface area contributed by atoms with Gasteiger partial charge in [-0.2, -0.15) is 4.40 Å². The van der Waals surface area contributed by atoms with E-state index in [4.69, 9.17) is 0 Å². The number of hydrogen-bond acceptors (Lipinski definition) is 2. The number of unbranched alkanes of at least 4 members (excludes halogenated alkanes) is 15. The van der Waals surface area contributed by atoms with Crippen molar-refractivity contribution in [2.45, 2.75) is 116 Å². The van der Waals surface area contributed by atoms with E-state index < -0.39 is 10.0 Å². The molecule has 1 radical (unpaired) electrons. The topological polar surface area (TPSA) is 46.5 Å². The third-order valence-electron chi connectivity index (χ3n) is 4.53. The highest BCUT2D eigenvalue weighted by atomic mass is 32.2. The predicted octanol–water partition coefficient (Wildman–Crippen LogP) is 6.87. The van der Waals surface area contributed by atoms with Crippen LogP contribution in [0, 0.1) is 6.92 Å². The molecule has 0 heterocycles. The molecule has 0 spiro atoms. The van der Waals surface area contributed by atoms with E-state index in [0.717, 1.165) is 19.3 Å². The van der Waals surface area contributed by atoms with E-state index in [-0.39, 0.29) is 5.75 Å². The van der Waals surface area contributed by atoms with Crippen molar-refractivity contribution in [2.24, 2.45) is 4.40 Å². The third-order valence-corrected chi connectivity index (χ3v) is 5.92. The second kappa shape index (κ2) is 18.4. The molecule has 0 aliphatic heterocycles. The standard InChI is InChI=1S/C21H42NO2S/c1-3-5-6-7-8-9-10-11-12-13-14-15-16-17-18-19-20-22-25(23,24)21-4-2/h20H,1,3-19,21H2,2H3. The maximum Gasteiger partial charge on any atom is 0.252 e. The maximum atomic E-state index is 11.4. The number of sulfonamides is 1. The van der Waals surface area contributed by atoms with E-state index >= 15 is 0 Å². The van der Waals surface area contributed by atoms with Crippen LogP contribution in [0.25, 0.3) is 0 Å². The fourth-order valence-corrected chi connectivity index (χ4v) is 3.96. The highest BCUT2D eigenvalue weighted by molar-refractivity contribution is 7.90. The van der Waals surface area contributed by atoms with Crippen LogP contribution in [0.15, 0.2) is 4.40 Å². The predicted molar refractivity (Wildman–Crippen MR) is 112 cm³/mol. The summed E-state index contributed by atoms with van der Waals surface area (Å²) >= 11 is 0. The van der Waals surface area contributed by atoms with Gasteiger partial charge in [0.15, 0.2) is 0 Å². The molecule has 0 bridgehead atoms. The summed E-state index contributed by atoms with van der Waals surface area (Å²) in [6.07, 6.45) is 22.7. The molecule has 149 valence electrons. The summed E-state index contributed by atoms with van der Waals surface area (Å²) in [6.45, 7) is 5.74. The Morgan fingerprint density at radius 3 is 1.52 bits per heavy atom. The van der Waals surface area contributed by atoms with Crippen LogP contribution in [-0.2, 0) is 10.0 Å². The highest BCUT2D eigenvalue weighted by Crippen LogP contribution is 2.13. The first kappa shape index (κ1) is 24.6. The quantitative estimate of drug-likeness (QED) is 0.183. The summed E-state index contributed by atoms with van der Waals surface area (Å²) in [5.74, 6) is 0.167. The van der Waals surface area contributed by atoms with E-state index in [1.54, 1.807) is 6.21 Å². The molecule has 0 aromatic heterocycles. The molecular formula is C21H42NO2S. The molecule has 3 nitrogen and oxygen atoms in total. The summed E-state index contributed by atoms with van der Waals surface area (Å²) in [7, 11) is -3.19. The molecule has 0 N–H and O–H groups in total. The van der Waals surface area contributed by atoms with Gasteiger partial charge in [-0.15, -0.1) is 0 Å². The van der Waals surface area contributed by atoms with Crippen LogP contribution >= 0.6 is 0 Å². The Morgan fingerprint density at radius 1 is 0.720 bits per heavy atom. The van der Waals surface area contributed by atoms with Gasteiger partial charge in [0.25, 0.3) is 10.0 Å². The fourth-order valence-electron chi connectivity index (χ4n) is 3.01. The molecule has 0 aliphatic rings. The zero-order valence-corrected chi connectivity index (χ0v) is 17.5. The average molecular weight is 373 g/mol. The van der Waals surface area contributed by atoms with Gasteiger partial charge >= 0.3 is 0 Å². The van der Waals surface area contributed by atoms with Gasteiger partial charge in [-0.25, -0.2) is 8.42 Å². The first-order valence-electron chi connectivity index (χ1n) is 10.7. The molecule has 0 saturated carbocycles. The van der Waals surface area contributed by atoms with Crippen molar-refractivity contribution in [3.63, 3.8) is 0 Å². The Kier molecular flexibility index (Phi) is 18.1. The zero-order valence-electron chi connectivity index (χ0n) is 16.7. The SMILES string of the molecule is [CH2]CCCCCCCCCCCCCCCCC=NS(=O)(=O)CCC. The van der Waals surface area contributed by atoms with E-state index in [9.17, 15) is 8.42 Å². The Balaban J connectivity index is 3.20. The van der Waals surface area contributed by atoms with Crippen molar-refractivity contribution >= 4 is 16.2 Å². The van der Waals surface area contributed by atoms with Crippen molar-refractivity contribution in [1.29, 1.82) is 0 Å². The van der Waals surface area contributed by atoms with Crippen LogP contribution in [-0.4, -0.2) is 20.4 Å². The molecule has 0 fully saturated rings. The van der Waals surface area contributed by atoms with Gasteiger partial charge in [0, 0.05) is 6.21 Å². The first-order chi connectivity index (χ1) is 12.1. The zero-order chi connectivity index (χ0) is 18.6. The first-order valence-corrected chi connectivity index (χ1v) is 12.3. The molecule has 0 aromatic carbocycles. The van der Waals surface area contributed by atoms with E-state index in [1.165, 1.54) is 83.5 Å². The smallest absolute Gasteiger partial charge is 0.205 e. The molecule has 0 aliphatic carbocycles. The van der Waals surface area contributed by atoms with Crippen LogP contribution in [0.2, 0.25) is 0 Å². The Bertz CT molecular complexity index is 391. The summed E-state index contributed by atoms with van der Waals surface area (Å²) < 4.78 is 26.5. The third kappa shape index (κ3) is 19.8. The molecule has 0 aromatic rings. The second-order valence-electron chi connectivity index (χ2n) is 7.17. The van der Waals surface area contributed by atoms with Crippen LogP contribution in [0.3, 0.4) is 0 Å². The van der Waals surface area contributed by atoms with Gasteiger partial charge in [-0.3, -0.25) is 0 Å². The van der Waals surface area contributed by atoms with E-state index in [1.807, 2.05) is 6.92 Å². The van der Waals surface area contributed by atoms with Gasteiger partial charge < -0.3 is 0 Å². The molecule has 0 rings (SSSR count). The van der Waals surface area contributed by atoms with Crippen LogP contribution in [0.1, 0.15) is 116 Å². The lowest BCUT2D eigenvalue weighted by Gasteiger charge is -2.03. The Morgan fingerprint density at radius 2 is 1.12 bits per heavy atom. The molecule has 25 heavy (non-hydrogen) atoms. The monoisotopic (exact) mass is 372 g/mol. The van der Waals surface area contributed by atoms with E-state index in [2.05, 4.69) is 11.3 Å². The van der Waals surface area contributed by atoms with Gasteiger partial charge in [-0.05, 0) is 19.3 Å². The van der Waals surface area contributed by atoms with Gasteiger partial charge in [0.05, 0.1) is 5.75 Å². The average Bonchev–Trinajstić information content (AvgIpc) is 2.57. The molecule has 0 atom stereocenters. The normalized spacial score (nSPS) is 12.2. The molecular weight excluding hydrogens is 330 g/mol. The van der Waals surface area contributed by atoms with Crippen molar-refractivity contribution in [3.8, 4) is 0 Å². The van der Waals surface area contributed by atoms with Crippen LogP contribution in [0.5, 0.6) is 0 Å². The summed E-state index contributed by atoms with van der Waals surface area (Å²) in [4.78, 5) is 0. The van der Waals surface area contributed by atoms with Crippen molar-refractivity contribution in [3.05, 3.63) is 6.92 Å². The minimum atomic E-state index is -3.19. The highest BCUT2D eigenvalue weighted by Gasteiger charge is 2.03. The fraction of sp³-hybridized carbons (Fsp3) is 0.905. The molecule has 0 unspecified atom stereocenters. The van der Waals surface area contributed by atoms with Crippen molar-refractivity contribution in [2.75, 3.05) is 5.75 Å². The lowest BCUT2D eigenvalue weighted by Crippen LogP contribution is -2.01. The minimum Gasteiger partial charge on any atom is -0.205 e. The van der Waals surface area contributed by atoms with Gasteiger partial charge in [0.2, 0.25) is 0 Å². The Labute approximate surface area is 158 Å². The van der Waals surface area contributed by atoms with Crippen molar-refractivity contribution in [1.82, 2.24) is 0 Å². The lowest BCUT2D eigenvalue weighted by molar-refractivity contribution is 0.535. The van der Waals surface area contributed by atoms with Gasteiger partial charge in [-0.1, -0.05) is 104 Å². The molecule has 0 amide bonds. The largest absolute Gasteiger partial charge is 0.252 e. The lowest BCUT2D eigenvalue weighted by atomic mass is 10.0. The minimum absolute atomic E-state index is 0.167. The summed E-state index contributed by atoms with van der Waals surface area (Å²) in [6, 6.07) is 0. The van der Waals surface area contributed by atoms with Gasteiger partial charge in [0.1, 0.15) is 0 Å². The number of rotatable bonds is 19. The number of hydrogen-bond donors (Lipinski definition) is 0. The van der Waals surface area contributed by atoms with Crippen LogP contribution in [0.4, 0.5) is 0 Å². The molecule has 0 saturated heterocycles. The van der Waals surface area contributed by atoms with E-state index in [0.29, 0.717) is 6.42 Å². The van der Waals surface area contributed by atoms with Crippen molar-refractivity contribution < 1.29 is 8.42 Å². The summed E-state index contributed by atoms with van der Waals surface area (Å²) in [5, 5.41) is 0. The Hall–Kier alpha value is -0.380. The summed E-state index contributed by atoms with van der Waals surface area (Å²) in [5.41, 5.74) is 0. The second-order valence-corrected chi connectivity index (χ2v) is 8.95. The maximum absolute atomic E-state index is 11.4.